The zero-order chi connectivity index (χ0) is 11.6. The van der Waals surface area contributed by atoms with Gasteiger partial charge in [-0.1, -0.05) is 0 Å². The molecule has 0 spiro atoms. The number of hydrogen-bond acceptors (Lipinski definition) is 4. The highest BCUT2D eigenvalue weighted by molar-refractivity contribution is 5.68. The Balaban J connectivity index is 2.50. The van der Waals surface area contributed by atoms with Crippen LogP contribution in [0.2, 0.25) is 0 Å². The number of hydrogen-bond donors (Lipinski definition) is 2. The topological polar surface area (TPSA) is 75.8 Å². The minimum Gasteiger partial charge on any atom is -0.444 e. The summed E-state index contributed by atoms with van der Waals surface area (Å²) in [6.07, 6.45) is -0.353. The first-order valence-electron chi connectivity index (χ1n) is 5.18. The standard InChI is InChI=1S/C10H20N2O3/c1-10(2,3)15-9(14)12-4-7(6-13)8(11)5-12/h7-8,13H,4-6,11H2,1-3H3/t7-,8+/m1/s1. The zero-order valence-electron chi connectivity index (χ0n) is 9.56. The average Bonchev–Trinajstić information content (AvgIpc) is 2.43. The first kappa shape index (κ1) is 12.3. The Morgan fingerprint density at radius 1 is 1.53 bits per heavy atom. The summed E-state index contributed by atoms with van der Waals surface area (Å²) in [5.41, 5.74) is 5.28. The van der Waals surface area contributed by atoms with Gasteiger partial charge < -0.3 is 20.5 Å². The van der Waals surface area contributed by atoms with E-state index in [0.717, 1.165) is 0 Å². The van der Waals surface area contributed by atoms with E-state index in [1.165, 1.54) is 0 Å². The van der Waals surface area contributed by atoms with Crippen LogP contribution in [0.15, 0.2) is 0 Å². The highest BCUT2D eigenvalue weighted by Crippen LogP contribution is 2.18. The van der Waals surface area contributed by atoms with Gasteiger partial charge in [0.2, 0.25) is 0 Å². The largest absolute Gasteiger partial charge is 0.444 e. The van der Waals surface area contributed by atoms with Crippen LogP contribution >= 0.6 is 0 Å². The third kappa shape index (κ3) is 3.35. The molecular weight excluding hydrogens is 196 g/mol. The monoisotopic (exact) mass is 216 g/mol. The minimum atomic E-state index is -0.488. The van der Waals surface area contributed by atoms with Gasteiger partial charge in [0.05, 0.1) is 0 Å². The maximum absolute atomic E-state index is 11.6. The molecule has 1 aliphatic heterocycles. The molecule has 2 atom stereocenters. The summed E-state index contributed by atoms with van der Waals surface area (Å²) in [4.78, 5) is 13.2. The van der Waals surface area contributed by atoms with Gasteiger partial charge in [-0.25, -0.2) is 4.79 Å². The Morgan fingerprint density at radius 3 is 2.53 bits per heavy atom. The molecule has 0 saturated carbocycles. The SMILES string of the molecule is CC(C)(C)OC(=O)N1C[C@H](CO)[C@@H](N)C1. The van der Waals surface area contributed by atoms with Gasteiger partial charge in [-0.2, -0.15) is 0 Å². The van der Waals surface area contributed by atoms with E-state index < -0.39 is 5.60 Å². The molecule has 0 aromatic rings. The first-order valence-corrected chi connectivity index (χ1v) is 5.18. The predicted molar refractivity (Wildman–Crippen MR) is 56.4 cm³/mol. The highest BCUT2D eigenvalue weighted by Gasteiger charge is 2.34. The lowest BCUT2D eigenvalue weighted by Crippen LogP contribution is -2.36. The van der Waals surface area contributed by atoms with Gasteiger partial charge in [0, 0.05) is 31.7 Å². The van der Waals surface area contributed by atoms with Gasteiger partial charge in [-0.05, 0) is 20.8 Å². The smallest absolute Gasteiger partial charge is 0.410 e. The van der Waals surface area contributed by atoms with Crippen molar-refractivity contribution in [2.24, 2.45) is 11.7 Å². The summed E-state index contributed by atoms with van der Waals surface area (Å²) in [6.45, 7) is 6.42. The Morgan fingerprint density at radius 2 is 2.13 bits per heavy atom. The molecule has 0 bridgehead atoms. The van der Waals surface area contributed by atoms with E-state index in [0.29, 0.717) is 13.1 Å². The number of carbonyl (C=O) groups is 1. The van der Waals surface area contributed by atoms with E-state index in [4.69, 9.17) is 15.6 Å². The normalized spacial score (nSPS) is 26.9. The van der Waals surface area contributed by atoms with E-state index in [9.17, 15) is 4.79 Å². The van der Waals surface area contributed by atoms with Crippen molar-refractivity contribution in [3.8, 4) is 0 Å². The lowest BCUT2D eigenvalue weighted by Gasteiger charge is -2.24. The highest BCUT2D eigenvalue weighted by atomic mass is 16.6. The molecule has 1 amide bonds. The van der Waals surface area contributed by atoms with Gasteiger partial charge in [0.15, 0.2) is 0 Å². The Hall–Kier alpha value is -0.810. The van der Waals surface area contributed by atoms with Crippen LogP contribution in [0.25, 0.3) is 0 Å². The number of amides is 1. The molecule has 0 unspecified atom stereocenters. The van der Waals surface area contributed by atoms with Crippen molar-refractivity contribution < 1.29 is 14.6 Å². The molecule has 3 N–H and O–H groups in total. The molecule has 1 heterocycles. The number of likely N-dealkylation sites (tertiary alicyclic amines) is 1. The number of ether oxygens (including phenoxy) is 1. The van der Waals surface area contributed by atoms with Crippen LogP contribution in [0.3, 0.4) is 0 Å². The third-order valence-electron chi connectivity index (χ3n) is 2.38. The molecule has 15 heavy (non-hydrogen) atoms. The van der Waals surface area contributed by atoms with E-state index >= 15 is 0 Å². The third-order valence-corrected chi connectivity index (χ3v) is 2.38. The first-order chi connectivity index (χ1) is 6.83. The van der Waals surface area contributed by atoms with Crippen molar-refractivity contribution in [1.29, 1.82) is 0 Å². The van der Waals surface area contributed by atoms with Crippen molar-refractivity contribution in [1.82, 2.24) is 4.90 Å². The molecule has 0 aromatic heterocycles. The number of nitrogens with zero attached hydrogens (tertiary/aromatic N) is 1. The van der Waals surface area contributed by atoms with Crippen molar-refractivity contribution in [3.63, 3.8) is 0 Å². The van der Waals surface area contributed by atoms with Gasteiger partial charge >= 0.3 is 6.09 Å². The van der Waals surface area contributed by atoms with Gasteiger partial charge in [-0.3, -0.25) is 0 Å². The van der Waals surface area contributed by atoms with Crippen LogP contribution in [-0.4, -0.2) is 47.4 Å². The lowest BCUT2D eigenvalue weighted by molar-refractivity contribution is 0.0283. The zero-order valence-corrected chi connectivity index (χ0v) is 9.56. The van der Waals surface area contributed by atoms with Crippen LogP contribution < -0.4 is 5.73 Å². The second-order valence-electron chi connectivity index (χ2n) is 4.99. The molecule has 1 rings (SSSR count). The maximum atomic E-state index is 11.6. The summed E-state index contributed by atoms with van der Waals surface area (Å²) in [5, 5.41) is 9.01. The summed E-state index contributed by atoms with van der Waals surface area (Å²) in [7, 11) is 0. The van der Waals surface area contributed by atoms with Crippen molar-refractivity contribution >= 4 is 6.09 Å². The molecule has 0 radical (unpaired) electrons. The summed E-state index contributed by atoms with van der Waals surface area (Å²) < 4.78 is 5.21. The van der Waals surface area contributed by atoms with E-state index in [1.807, 2.05) is 20.8 Å². The number of rotatable bonds is 1. The predicted octanol–water partition coefficient (Wildman–Crippen LogP) is 0.173. The van der Waals surface area contributed by atoms with Crippen LogP contribution in [0.4, 0.5) is 4.79 Å². The fraction of sp³-hybridized carbons (Fsp3) is 0.900. The minimum absolute atomic E-state index is 0.0143. The van der Waals surface area contributed by atoms with E-state index in [1.54, 1.807) is 4.90 Å². The Kier molecular flexibility index (Phi) is 3.57. The molecule has 1 aliphatic rings. The summed E-state index contributed by atoms with van der Waals surface area (Å²) in [5.74, 6) is -0.0301. The summed E-state index contributed by atoms with van der Waals surface area (Å²) in [6, 6.07) is -0.150. The van der Waals surface area contributed by atoms with Gasteiger partial charge in [0.25, 0.3) is 0 Å². The average molecular weight is 216 g/mol. The Labute approximate surface area is 90.2 Å². The second-order valence-corrected chi connectivity index (χ2v) is 4.99. The fourth-order valence-electron chi connectivity index (χ4n) is 1.57. The lowest BCUT2D eigenvalue weighted by atomic mass is 10.1. The molecule has 5 heteroatoms. The van der Waals surface area contributed by atoms with Crippen LogP contribution in [0.5, 0.6) is 0 Å². The summed E-state index contributed by atoms with van der Waals surface area (Å²) >= 11 is 0. The molecule has 1 saturated heterocycles. The van der Waals surface area contributed by atoms with Crippen molar-refractivity contribution in [2.45, 2.75) is 32.4 Å². The fourth-order valence-corrected chi connectivity index (χ4v) is 1.57. The van der Waals surface area contributed by atoms with Crippen LogP contribution in [0.1, 0.15) is 20.8 Å². The number of carbonyl (C=O) groups excluding carboxylic acids is 1. The van der Waals surface area contributed by atoms with Crippen LogP contribution in [0, 0.1) is 5.92 Å². The van der Waals surface area contributed by atoms with Crippen molar-refractivity contribution in [2.75, 3.05) is 19.7 Å². The van der Waals surface area contributed by atoms with Gasteiger partial charge in [-0.15, -0.1) is 0 Å². The molecule has 0 aliphatic carbocycles. The molecular formula is C10H20N2O3. The quantitative estimate of drug-likeness (QED) is 0.655. The molecule has 0 aromatic carbocycles. The van der Waals surface area contributed by atoms with E-state index in [2.05, 4.69) is 0 Å². The Bertz CT molecular complexity index is 237. The number of aliphatic hydroxyl groups is 1. The number of aliphatic hydroxyl groups excluding tert-OH is 1. The van der Waals surface area contributed by atoms with Crippen molar-refractivity contribution in [3.05, 3.63) is 0 Å². The molecule has 88 valence electrons. The van der Waals surface area contributed by atoms with Gasteiger partial charge in [0.1, 0.15) is 5.60 Å². The molecule has 5 nitrogen and oxygen atoms in total. The molecule has 1 fully saturated rings. The number of nitrogens with two attached hydrogens (primary N) is 1. The van der Waals surface area contributed by atoms with E-state index in [-0.39, 0.29) is 24.7 Å². The maximum Gasteiger partial charge on any atom is 0.410 e. The van der Waals surface area contributed by atoms with Crippen LogP contribution in [-0.2, 0) is 4.74 Å². The second kappa shape index (κ2) is 4.37.